The van der Waals surface area contributed by atoms with Crippen molar-refractivity contribution in [2.45, 2.75) is 39.7 Å². The van der Waals surface area contributed by atoms with Crippen LogP contribution < -0.4 is 10.1 Å². The highest BCUT2D eigenvalue weighted by Gasteiger charge is 2.19. The molecule has 0 radical (unpaired) electrons. The molecule has 2 rings (SSSR count). The second-order valence-corrected chi connectivity index (χ2v) is 4.95. The van der Waals surface area contributed by atoms with Crippen molar-refractivity contribution in [1.29, 1.82) is 0 Å². The van der Waals surface area contributed by atoms with Crippen LogP contribution in [0, 0.1) is 6.92 Å². The predicted octanol–water partition coefficient (Wildman–Crippen LogP) is 2.08. The molecule has 1 aliphatic rings. The minimum atomic E-state index is 0.470. The van der Waals surface area contributed by atoms with Crippen molar-refractivity contribution in [3.05, 3.63) is 11.9 Å². The Hall–Kier alpha value is -1.36. The number of aryl methyl sites for hydroxylation is 1. The van der Waals surface area contributed by atoms with Crippen molar-refractivity contribution in [3.8, 4) is 5.88 Å². The Kier molecular flexibility index (Phi) is 4.96. The van der Waals surface area contributed by atoms with Gasteiger partial charge in [-0.05, 0) is 39.8 Å². The fraction of sp³-hybridized carbons (Fsp3) is 0.714. The van der Waals surface area contributed by atoms with Crippen LogP contribution >= 0.6 is 0 Å². The van der Waals surface area contributed by atoms with E-state index < -0.39 is 0 Å². The highest BCUT2D eigenvalue weighted by Crippen LogP contribution is 2.18. The van der Waals surface area contributed by atoms with Crippen LogP contribution in [0.15, 0.2) is 6.07 Å². The molecule has 0 bridgehead atoms. The second kappa shape index (κ2) is 6.70. The minimum Gasteiger partial charge on any atom is -0.478 e. The first-order valence-electron chi connectivity index (χ1n) is 7.18. The third-order valence-electron chi connectivity index (χ3n) is 3.41. The van der Waals surface area contributed by atoms with Gasteiger partial charge in [0.25, 0.3) is 0 Å². The van der Waals surface area contributed by atoms with Gasteiger partial charge in [0.2, 0.25) is 5.88 Å². The lowest BCUT2D eigenvalue weighted by atomic mass is 10.1. The number of hydrogen-bond donors (Lipinski definition) is 1. The quantitative estimate of drug-likeness (QED) is 0.882. The molecule has 0 spiro atoms. The molecule has 0 aliphatic carbocycles. The summed E-state index contributed by atoms with van der Waals surface area (Å²) >= 11 is 0. The molecule has 1 unspecified atom stereocenters. The molecular formula is C14H24N4O. The van der Waals surface area contributed by atoms with Crippen LogP contribution in [0.2, 0.25) is 0 Å². The summed E-state index contributed by atoms with van der Waals surface area (Å²) in [5.41, 5.74) is 0. The van der Waals surface area contributed by atoms with E-state index in [-0.39, 0.29) is 0 Å². The van der Waals surface area contributed by atoms with Crippen LogP contribution in [0.1, 0.15) is 32.5 Å². The van der Waals surface area contributed by atoms with Gasteiger partial charge in [0.05, 0.1) is 6.61 Å². The third-order valence-corrected chi connectivity index (χ3v) is 3.41. The van der Waals surface area contributed by atoms with Gasteiger partial charge < -0.3 is 15.0 Å². The molecule has 1 aromatic heterocycles. The molecule has 0 amide bonds. The predicted molar refractivity (Wildman–Crippen MR) is 76.7 cm³/mol. The molecule has 5 nitrogen and oxygen atoms in total. The van der Waals surface area contributed by atoms with Gasteiger partial charge in [0.15, 0.2) is 0 Å². The molecular weight excluding hydrogens is 240 g/mol. The molecule has 19 heavy (non-hydrogen) atoms. The van der Waals surface area contributed by atoms with E-state index in [1.165, 1.54) is 19.4 Å². The summed E-state index contributed by atoms with van der Waals surface area (Å²) in [7, 11) is 0. The number of piperidine rings is 1. The summed E-state index contributed by atoms with van der Waals surface area (Å²) in [4.78, 5) is 11.2. The molecule has 0 saturated carbocycles. The number of likely N-dealkylation sites (tertiary alicyclic amines) is 1. The lowest BCUT2D eigenvalue weighted by Gasteiger charge is -2.32. The summed E-state index contributed by atoms with van der Waals surface area (Å²) in [6.45, 7) is 10.1. The smallest absolute Gasteiger partial charge is 0.218 e. The van der Waals surface area contributed by atoms with E-state index >= 15 is 0 Å². The van der Waals surface area contributed by atoms with E-state index in [1.54, 1.807) is 0 Å². The van der Waals surface area contributed by atoms with Crippen molar-refractivity contribution in [2.24, 2.45) is 0 Å². The fourth-order valence-corrected chi connectivity index (χ4v) is 2.51. The Morgan fingerprint density at radius 2 is 2.26 bits per heavy atom. The first-order chi connectivity index (χ1) is 9.21. The van der Waals surface area contributed by atoms with Crippen molar-refractivity contribution in [1.82, 2.24) is 14.9 Å². The summed E-state index contributed by atoms with van der Waals surface area (Å²) in [6.07, 6.45) is 2.44. The Morgan fingerprint density at radius 3 is 3.00 bits per heavy atom. The fourth-order valence-electron chi connectivity index (χ4n) is 2.51. The zero-order chi connectivity index (χ0) is 13.7. The zero-order valence-electron chi connectivity index (χ0n) is 12.1. The van der Waals surface area contributed by atoms with Gasteiger partial charge in [0.1, 0.15) is 11.6 Å². The topological polar surface area (TPSA) is 50.3 Å². The van der Waals surface area contributed by atoms with Crippen molar-refractivity contribution < 1.29 is 4.74 Å². The number of ether oxygens (including phenoxy) is 1. The average molecular weight is 264 g/mol. The van der Waals surface area contributed by atoms with E-state index in [4.69, 9.17) is 4.74 Å². The largest absolute Gasteiger partial charge is 0.478 e. The Morgan fingerprint density at radius 1 is 1.42 bits per heavy atom. The molecule has 1 N–H and O–H groups in total. The normalized spacial score (nSPS) is 20.3. The number of hydrogen-bond acceptors (Lipinski definition) is 5. The molecule has 1 aromatic rings. The molecule has 5 heteroatoms. The van der Waals surface area contributed by atoms with Crippen LogP contribution in [0.5, 0.6) is 5.88 Å². The first-order valence-corrected chi connectivity index (χ1v) is 7.18. The van der Waals surface area contributed by atoms with Crippen LogP contribution in [-0.2, 0) is 0 Å². The maximum Gasteiger partial charge on any atom is 0.218 e. The molecule has 1 atom stereocenters. The van der Waals surface area contributed by atoms with Crippen molar-refractivity contribution in [3.63, 3.8) is 0 Å². The van der Waals surface area contributed by atoms with Crippen LogP contribution in [0.3, 0.4) is 0 Å². The highest BCUT2D eigenvalue weighted by molar-refractivity contribution is 5.39. The van der Waals surface area contributed by atoms with E-state index in [0.717, 1.165) is 24.7 Å². The summed E-state index contributed by atoms with van der Waals surface area (Å²) in [5, 5.41) is 3.51. The molecule has 1 saturated heterocycles. The van der Waals surface area contributed by atoms with Gasteiger partial charge in [-0.2, -0.15) is 4.98 Å². The Balaban J connectivity index is 2.01. The average Bonchev–Trinajstić information content (AvgIpc) is 2.38. The van der Waals surface area contributed by atoms with E-state index in [2.05, 4.69) is 27.1 Å². The maximum absolute atomic E-state index is 5.46. The Bertz CT molecular complexity index is 410. The van der Waals surface area contributed by atoms with Crippen LogP contribution in [0.25, 0.3) is 0 Å². The number of nitrogens with zero attached hydrogens (tertiary/aromatic N) is 3. The lowest BCUT2D eigenvalue weighted by Crippen LogP contribution is -2.42. The monoisotopic (exact) mass is 264 g/mol. The summed E-state index contributed by atoms with van der Waals surface area (Å²) < 4.78 is 5.46. The number of rotatable bonds is 5. The van der Waals surface area contributed by atoms with Gasteiger partial charge in [-0.15, -0.1) is 0 Å². The lowest BCUT2D eigenvalue weighted by molar-refractivity contribution is 0.226. The molecule has 1 aliphatic heterocycles. The number of likely N-dealkylation sites (N-methyl/N-ethyl adjacent to an activating group) is 1. The van der Waals surface area contributed by atoms with Gasteiger partial charge in [-0.25, -0.2) is 4.98 Å². The van der Waals surface area contributed by atoms with E-state index in [1.807, 2.05) is 19.9 Å². The highest BCUT2D eigenvalue weighted by atomic mass is 16.5. The summed E-state index contributed by atoms with van der Waals surface area (Å²) in [5.74, 6) is 2.27. The number of anilines is 1. The first kappa shape index (κ1) is 14.1. The van der Waals surface area contributed by atoms with E-state index in [0.29, 0.717) is 18.5 Å². The van der Waals surface area contributed by atoms with Gasteiger partial charge in [-0.1, -0.05) is 6.92 Å². The number of aromatic nitrogens is 2. The standard InChI is InChI=1S/C14H24N4O/c1-4-18-8-6-7-12(10-18)17-13-9-14(19-5-2)16-11(3)15-13/h9,12H,4-8,10H2,1-3H3,(H,15,16,17). The Labute approximate surface area is 115 Å². The van der Waals surface area contributed by atoms with Crippen molar-refractivity contribution in [2.75, 3.05) is 31.6 Å². The van der Waals surface area contributed by atoms with Crippen LogP contribution in [-0.4, -0.2) is 47.2 Å². The molecule has 0 aromatic carbocycles. The van der Waals surface area contributed by atoms with E-state index in [9.17, 15) is 0 Å². The third kappa shape index (κ3) is 4.06. The second-order valence-electron chi connectivity index (χ2n) is 4.95. The SMILES string of the molecule is CCOc1cc(NC2CCCN(CC)C2)nc(C)n1. The summed E-state index contributed by atoms with van der Waals surface area (Å²) in [6, 6.07) is 2.36. The molecule has 1 fully saturated rings. The number of nitrogens with one attached hydrogen (secondary N) is 1. The maximum atomic E-state index is 5.46. The van der Waals surface area contributed by atoms with Gasteiger partial charge >= 0.3 is 0 Å². The zero-order valence-corrected chi connectivity index (χ0v) is 12.1. The molecule has 106 valence electrons. The van der Waals surface area contributed by atoms with Gasteiger partial charge in [0, 0.05) is 18.7 Å². The molecule has 2 heterocycles. The van der Waals surface area contributed by atoms with Crippen molar-refractivity contribution >= 4 is 5.82 Å². The van der Waals surface area contributed by atoms with Crippen LogP contribution in [0.4, 0.5) is 5.82 Å². The minimum absolute atomic E-state index is 0.470. The van der Waals surface area contributed by atoms with Gasteiger partial charge in [-0.3, -0.25) is 0 Å².